The lowest BCUT2D eigenvalue weighted by Gasteiger charge is -2.33. The highest BCUT2D eigenvalue weighted by atomic mass is 16.4. The Kier molecular flexibility index (Phi) is 16.5. The minimum Gasteiger partial charge on any atom is -0.480 e. The average Bonchev–Trinajstić information content (AvgIpc) is 2.87. The van der Waals surface area contributed by atoms with Crippen LogP contribution in [0, 0.1) is 0 Å². The van der Waals surface area contributed by atoms with Crippen molar-refractivity contribution in [1.82, 2.24) is 34.7 Å². The molecular formula is C25H45N7O9. The van der Waals surface area contributed by atoms with Gasteiger partial charge in [-0.1, -0.05) is 6.92 Å². The van der Waals surface area contributed by atoms with Crippen LogP contribution in [0.25, 0.3) is 0 Å². The number of carbonyl (C=O) groups is 6. The Labute approximate surface area is 240 Å². The molecular weight excluding hydrogens is 542 g/mol. The van der Waals surface area contributed by atoms with Crippen molar-refractivity contribution in [2.45, 2.75) is 13.3 Å². The second kappa shape index (κ2) is 18.9. The van der Waals surface area contributed by atoms with Crippen molar-refractivity contribution >= 4 is 35.6 Å². The highest BCUT2D eigenvalue weighted by Crippen LogP contribution is 2.03. The van der Waals surface area contributed by atoms with Gasteiger partial charge in [-0.25, -0.2) is 0 Å². The van der Waals surface area contributed by atoms with Crippen LogP contribution in [0.15, 0.2) is 0 Å². The van der Waals surface area contributed by atoms with Crippen molar-refractivity contribution < 1.29 is 44.1 Å². The standard InChI is InChI=1S/C25H45N7O9/c1-4-5-26-20(33)14-27(2)21(34)15-28(3)22(35)16-29-6-8-30(17-23(36)37)10-12-32(19-25(40)41)13-11-31(9-7-29)18-24(38)39/h4-19H2,1-3H3,(H,26,33)(H,36,37)(H,38,39)(H,40,41). The molecule has 0 aromatic heterocycles. The second-order valence-corrected chi connectivity index (χ2v) is 10.1. The maximum atomic E-state index is 13.0. The van der Waals surface area contributed by atoms with Crippen LogP contribution in [0.3, 0.4) is 0 Å². The maximum absolute atomic E-state index is 13.0. The molecule has 3 amide bonds. The van der Waals surface area contributed by atoms with E-state index in [1.54, 1.807) is 19.6 Å². The van der Waals surface area contributed by atoms with Crippen molar-refractivity contribution in [3.63, 3.8) is 0 Å². The lowest BCUT2D eigenvalue weighted by atomic mass is 10.3. The monoisotopic (exact) mass is 587 g/mol. The van der Waals surface area contributed by atoms with Gasteiger partial charge in [-0.15, -0.1) is 0 Å². The lowest BCUT2D eigenvalue weighted by molar-refractivity contribution is -0.141. The Morgan fingerprint density at radius 2 is 0.927 bits per heavy atom. The average molecular weight is 588 g/mol. The van der Waals surface area contributed by atoms with Gasteiger partial charge in [0.15, 0.2) is 0 Å². The Hall–Kier alpha value is -3.34. The fourth-order valence-corrected chi connectivity index (χ4v) is 4.13. The van der Waals surface area contributed by atoms with E-state index in [4.69, 9.17) is 0 Å². The van der Waals surface area contributed by atoms with Crippen LogP contribution >= 0.6 is 0 Å². The summed E-state index contributed by atoms with van der Waals surface area (Å²) in [6.07, 6.45) is 0.766. The summed E-state index contributed by atoms with van der Waals surface area (Å²) in [4.78, 5) is 80.9. The van der Waals surface area contributed by atoms with Gasteiger partial charge >= 0.3 is 17.9 Å². The van der Waals surface area contributed by atoms with Crippen LogP contribution in [0.2, 0.25) is 0 Å². The zero-order valence-corrected chi connectivity index (χ0v) is 24.3. The van der Waals surface area contributed by atoms with Gasteiger partial charge < -0.3 is 30.4 Å². The first kappa shape index (κ1) is 35.7. The van der Waals surface area contributed by atoms with Gasteiger partial charge in [0, 0.05) is 73.0 Å². The normalized spacial score (nSPS) is 16.7. The molecule has 0 atom stereocenters. The van der Waals surface area contributed by atoms with Gasteiger partial charge in [0.05, 0.1) is 39.3 Å². The second-order valence-electron chi connectivity index (χ2n) is 10.1. The molecule has 1 saturated heterocycles. The lowest BCUT2D eigenvalue weighted by Crippen LogP contribution is -2.50. The van der Waals surface area contributed by atoms with Gasteiger partial charge in [0.25, 0.3) is 0 Å². The molecule has 16 heteroatoms. The summed E-state index contributed by atoms with van der Waals surface area (Å²) >= 11 is 0. The molecule has 1 rings (SSSR count). The number of rotatable bonds is 14. The van der Waals surface area contributed by atoms with Crippen LogP contribution in [0.5, 0.6) is 0 Å². The molecule has 41 heavy (non-hydrogen) atoms. The summed E-state index contributed by atoms with van der Waals surface area (Å²) in [6, 6.07) is 0. The molecule has 4 N–H and O–H groups in total. The smallest absolute Gasteiger partial charge is 0.317 e. The Morgan fingerprint density at radius 1 is 0.585 bits per heavy atom. The summed E-state index contributed by atoms with van der Waals surface area (Å²) < 4.78 is 0. The van der Waals surface area contributed by atoms with Gasteiger partial charge in [-0.05, 0) is 6.42 Å². The minimum absolute atomic E-state index is 0.0859. The first-order chi connectivity index (χ1) is 19.3. The van der Waals surface area contributed by atoms with Crippen molar-refractivity contribution in [2.24, 2.45) is 0 Å². The molecule has 234 valence electrons. The number of carboxylic acid groups (broad SMARTS) is 3. The third kappa shape index (κ3) is 15.9. The number of likely N-dealkylation sites (N-methyl/N-ethyl adjacent to an activating group) is 2. The highest BCUT2D eigenvalue weighted by molar-refractivity contribution is 5.88. The number of hydrogen-bond acceptors (Lipinski definition) is 10. The molecule has 0 radical (unpaired) electrons. The van der Waals surface area contributed by atoms with Crippen LogP contribution in [-0.4, -0.2) is 193 Å². The van der Waals surface area contributed by atoms with Gasteiger partial charge in [-0.2, -0.15) is 0 Å². The summed E-state index contributed by atoms with van der Waals surface area (Å²) in [5, 5.41) is 30.6. The van der Waals surface area contributed by atoms with Crippen LogP contribution in [0.1, 0.15) is 13.3 Å². The summed E-state index contributed by atoms with van der Waals surface area (Å²) in [5.74, 6) is -4.18. The van der Waals surface area contributed by atoms with Gasteiger partial charge in [0.2, 0.25) is 17.7 Å². The SMILES string of the molecule is CCCNC(=O)CN(C)C(=O)CN(C)C(=O)CN1CCN(CC(=O)O)CCN(CC(=O)O)CCN(CC(=O)O)CC1. The van der Waals surface area contributed by atoms with E-state index in [0.717, 1.165) is 6.42 Å². The van der Waals surface area contributed by atoms with E-state index in [9.17, 15) is 44.1 Å². The number of nitrogens with zero attached hydrogens (tertiary/aromatic N) is 6. The highest BCUT2D eigenvalue weighted by Gasteiger charge is 2.23. The molecule has 0 spiro atoms. The zero-order valence-electron chi connectivity index (χ0n) is 24.3. The van der Waals surface area contributed by atoms with E-state index in [1.807, 2.05) is 6.92 Å². The first-order valence-electron chi connectivity index (χ1n) is 13.6. The molecule has 1 aliphatic heterocycles. The molecule has 1 heterocycles. The third-order valence-corrected chi connectivity index (χ3v) is 6.54. The van der Waals surface area contributed by atoms with Crippen molar-refractivity contribution in [2.75, 3.05) is 112 Å². The predicted molar refractivity (Wildman–Crippen MR) is 147 cm³/mol. The Morgan fingerprint density at radius 3 is 1.27 bits per heavy atom. The van der Waals surface area contributed by atoms with E-state index in [1.165, 1.54) is 23.9 Å². The molecule has 0 bridgehead atoms. The largest absolute Gasteiger partial charge is 0.480 e. The zero-order chi connectivity index (χ0) is 30.9. The molecule has 0 saturated carbocycles. The van der Waals surface area contributed by atoms with Crippen LogP contribution in [0.4, 0.5) is 0 Å². The van der Waals surface area contributed by atoms with Crippen LogP contribution in [-0.2, 0) is 28.8 Å². The van der Waals surface area contributed by atoms with E-state index >= 15 is 0 Å². The van der Waals surface area contributed by atoms with Crippen molar-refractivity contribution in [3.05, 3.63) is 0 Å². The number of carbonyl (C=O) groups excluding carboxylic acids is 3. The predicted octanol–water partition coefficient (Wildman–Crippen LogP) is -3.10. The van der Waals surface area contributed by atoms with Crippen molar-refractivity contribution in [3.8, 4) is 0 Å². The quantitative estimate of drug-likeness (QED) is 0.160. The third-order valence-electron chi connectivity index (χ3n) is 6.54. The molecule has 1 aliphatic rings. The fourth-order valence-electron chi connectivity index (χ4n) is 4.13. The molecule has 0 aromatic rings. The molecule has 1 fully saturated rings. The van der Waals surface area contributed by atoms with E-state index in [0.29, 0.717) is 6.54 Å². The number of hydrogen-bond donors (Lipinski definition) is 4. The fraction of sp³-hybridized carbons (Fsp3) is 0.760. The first-order valence-corrected chi connectivity index (χ1v) is 13.6. The number of nitrogens with one attached hydrogen (secondary N) is 1. The Bertz CT molecular complexity index is 873. The molecule has 16 nitrogen and oxygen atoms in total. The molecule has 0 aromatic carbocycles. The molecule has 0 aliphatic carbocycles. The summed E-state index contributed by atoms with van der Waals surface area (Å²) in [6.45, 7) is 3.40. The number of amides is 3. The van der Waals surface area contributed by atoms with Crippen LogP contribution < -0.4 is 5.32 Å². The van der Waals surface area contributed by atoms with E-state index in [2.05, 4.69) is 5.32 Å². The number of aliphatic carboxylic acids is 3. The van der Waals surface area contributed by atoms with E-state index < -0.39 is 23.8 Å². The Balaban J connectivity index is 2.91. The minimum atomic E-state index is -1.04. The van der Waals surface area contributed by atoms with Gasteiger partial charge in [0.1, 0.15) is 0 Å². The van der Waals surface area contributed by atoms with Crippen molar-refractivity contribution in [1.29, 1.82) is 0 Å². The summed E-state index contributed by atoms with van der Waals surface area (Å²) in [7, 11) is 2.96. The molecule has 0 unspecified atom stereocenters. The topological polar surface area (TPSA) is 195 Å². The van der Waals surface area contributed by atoms with E-state index in [-0.39, 0.29) is 103 Å². The van der Waals surface area contributed by atoms with Gasteiger partial charge in [-0.3, -0.25) is 48.4 Å². The summed E-state index contributed by atoms with van der Waals surface area (Å²) in [5.41, 5.74) is 0. The maximum Gasteiger partial charge on any atom is 0.317 e. The number of carboxylic acids is 3.